The molecule has 1 aromatic carbocycles. The number of hydrogen-bond donors (Lipinski definition) is 3. The van der Waals surface area contributed by atoms with Gasteiger partial charge < -0.3 is 24.3 Å². The van der Waals surface area contributed by atoms with E-state index in [1.807, 2.05) is 22.9 Å². The molecule has 0 aliphatic rings. The van der Waals surface area contributed by atoms with E-state index >= 15 is 0 Å². The summed E-state index contributed by atoms with van der Waals surface area (Å²) in [6.07, 6.45) is 3.48. The minimum absolute atomic E-state index is 0.0109. The Hall–Kier alpha value is -2.51. The van der Waals surface area contributed by atoms with E-state index in [1.165, 1.54) is 6.07 Å². The van der Waals surface area contributed by atoms with Gasteiger partial charge in [-0.25, -0.2) is 0 Å². The molecule has 0 saturated heterocycles. The molecule has 0 unspecified atom stereocenters. The summed E-state index contributed by atoms with van der Waals surface area (Å²) in [6, 6.07) is 10.2. The lowest BCUT2D eigenvalue weighted by Crippen LogP contribution is -2.20. The lowest BCUT2D eigenvalue weighted by atomic mass is 10.2. The first-order chi connectivity index (χ1) is 10.1. The van der Waals surface area contributed by atoms with E-state index in [0.29, 0.717) is 17.7 Å². The van der Waals surface area contributed by atoms with Gasteiger partial charge in [0.15, 0.2) is 5.43 Å². The Labute approximate surface area is 120 Å². The summed E-state index contributed by atoms with van der Waals surface area (Å²) in [4.78, 5) is 14.8. The van der Waals surface area contributed by atoms with Crippen molar-refractivity contribution >= 4 is 18.4 Å². The molecule has 6 nitrogen and oxygen atoms in total. The highest BCUT2D eigenvalue weighted by Gasteiger charge is 2.11. The molecule has 2 heterocycles. The van der Waals surface area contributed by atoms with Crippen molar-refractivity contribution in [2.24, 2.45) is 0 Å². The van der Waals surface area contributed by atoms with Crippen molar-refractivity contribution in [3.05, 3.63) is 64.6 Å². The number of pyridine rings is 1. The Kier molecular flexibility index (Phi) is 3.51. The number of fused-ring (bicyclic) bond motifs is 1. The third kappa shape index (κ3) is 2.83. The molecule has 0 amide bonds. The largest absolute Gasteiger partial charge is 0.707 e. The third-order valence-corrected chi connectivity index (χ3v) is 3.20. The van der Waals surface area contributed by atoms with Gasteiger partial charge in [0.05, 0.1) is 5.39 Å². The van der Waals surface area contributed by atoms with Crippen LogP contribution in [-0.2, 0) is 6.54 Å². The predicted octanol–water partition coefficient (Wildman–Crippen LogP) is 0.726. The number of nitrogens with one attached hydrogen (secondary N) is 1. The van der Waals surface area contributed by atoms with E-state index in [-0.39, 0.29) is 5.43 Å². The van der Waals surface area contributed by atoms with Crippen molar-refractivity contribution in [1.82, 2.24) is 9.55 Å². The second-order valence-corrected chi connectivity index (χ2v) is 4.64. The maximum absolute atomic E-state index is 11.7. The molecule has 2 aromatic heterocycles. The van der Waals surface area contributed by atoms with Crippen LogP contribution in [0.15, 0.2) is 53.6 Å². The number of aromatic amines is 1. The van der Waals surface area contributed by atoms with E-state index < -0.39 is 7.32 Å². The van der Waals surface area contributed by atoms with Crippen molar-refractivity contribution in [3.8, 4) is 5.75 Å². The van der Waals surface area contributed by atoms with Crippen molar-refractivity contribution in [1.29, 1.82) is 0 Å². The summed E-state index contributed by atoms with van der Waals surface area (Å²) in [5, 5.41) is 18.1. The van der Waals surface area contributed by atoms with Crippen molar-refractivity contribution in [2.75, 3.05) is 0 Å². The normalized spacial score (nSPS) is 10.8. The highest BCUT2D eigenvalue weighted by Crippen LogP contribution is 2.15. The molecule has 0 atom stereocenters. The molecule has 0 fully saturated rings. The molecular weight excluding hydrogens is 271 g/mol. The fraction of sp³-hybridized carbons (Fsp3) is 0.0714. The molecule has 0 spiro atoms. The maximum Gasteiger partial charge on any atom is 0.707 e. The minimum Gasteiger partial charge on any atom is -0.512 e. The van der Waals surface area contributed by atoms with E-state index in [0.717, 1.165) is 11.2 Å². The average molecular weight is 284 g/mol. The monoisotopic (exact) mass is 284 g/mol. The lowest BCUT2D eigenvalue weighted by molar-refractivity contribution is 0.288. The topological polar surface area (TPSA) is 87.5 Å². The molecule has 7 heteroatoms. The van der Waals surface area contributed by atoms with Crippen LogP contribution < -0.4 is 10.1 Å². The summed E-state index contributed by atoms with van der Waals surface area (Å²) in [5.74, 6) is 0.375. The molecule has 0 radical (unpaired) electrons. The maximum atomic E-state index is 11.7. The van der Waals surface area contributed by atoms with Gasteiger partial charge in [-0.3, -0.25) is 4.79 Å². The van der Waals surface area contributed by atoms with Gasteiger partial charge in [0.2, 0.25) is 0 Å². The number of benzene rings is 1. The molecular formula is C14H13BN2O4. The van der Waals surface area contributed by atoms with Crippen LogP contribution in [-0.4, -0.2) is 26.9 Å². The van der Waals surface area contributed by atoms with Crippen LogP contribution in [0.25, 0.3) is 11.0 Å². The van der Waals surface area contributed by atoms with Gasteiger partial charge in [0, 0.05) is 25.0 Å². The van der Waals surface area contributed by atoms with E-state index in [2.05, 4.69) is 4.98 Å². The van der Waals surface area contributed by atoms with E-state index in [4.69, 9.17) is 14.7 Å². The number of hydrogen-bond acceptors (Lipinski definition) is 4. The summed E-state index contributed by atoms with van der Waals surface area (Å²) >= 11 is 0. The van der Waals surface area contributed by atoms with Gasteiger partial charge in [-0.1, -0.05) is 12.1 Å². The van der Waals surface area contributed by atoms with Crippen molar-refractivity contribution in [2.45, 2.75) is 6.54 Å². The zero-order chi connectivity index (χ0) is 14.8. The number of H-pyrrole nitrogens is 1. The number of aromatic nitrogens is 2. The van der Waals surface area contributed by atoms with Crippen LogP contribution in [0.2, 0.25) is 0 Å². The Balaban J connectivity index is 1.85. The molecule has 3 N–H and O–H groups in total. The van der Waals surface area contributed by atoms with Crippen LogP contribution in [0.5, 0.6) is 5.75 Å². The van der Waals surface area contributed by atoms with E-state index in [1.54, 1.807) is 24.4 Å². The molecule has 106 valence electrons. The standard InChI is InChI=1S/C14H13BN2O4/c18-13-5-7-16-14-12(13)6-8-17(14)9-10-1-3-11(4-2-10)21-15(19)20/h1-8,19-20H,9H2,(H,16,18). The summed E-state index contributed by atoms with van der Waals surface area (Å²) in [5.41, 5.74) is 1.76. The minimum atomic E-state index is -1.82. The summed E-state index contributed by atoms with van der Waals surface area (Å²) in [7, 11) is -1.82. The first-order valence-corrected chi connectivity index (χ1v) is 6.42. The van der Waals surface area contributed by atoms with Crippen LogP contribution in [0.1, 0.15) is 5.56 Å². The fourth-order valence-corrected chi connectivity index (χ4v) is 2.24. The number of rotatable bonds is 4. The zero-order valence-corrected chi connectivity index (χ0v) is 11.1. The first-order valence-electron chi connectivity index (χ1n) is 6.42. The quantitative estimate of drug-likeness (QED) is 0.616. The fourth-order valence-electron chi connectivity index (χ4n) is 2.24. The van der Waals surface area contributed by atoms with Crippen molar-refractivity contribution in [3.63, 3.8) is 0 Å². The Morgan fingerprint density at radius 3 is 2.62 bits per heavy atom. The van der Waals surface area contributed by atoms with E-state index in [9.17, 15) is 4.79 Å². The molecule has 0 bridgehead atoms. The Morgan fingerprint density at radius 1 is 1.14 bits per heavy atom. The predicted molar refractivity (Wildman–Crippen MR) is 78.9 cm³/mol. The van der Waals surface area contributed by atoms with Gasteiger partial charge in [-0.15, -0.1) is 0 Å². The van der Waals surface area contributed by atoms with Crippen LogP contribution in [0, 0.1) is 0 Å². The van der Waals surface area contributed by atoms with Crippen LogP contribution >= 0.6 is 0 Å². The SMILES string of the molecule is O=c1cc[nH]c2c1ccn2Cc1ccc(OB(O)O)cc1. The third-order valence-electron chi connectivity index (χ3n) is 3.20. The van der Waals surface area contributed by atoms with Gasteiger partial charge in [0.25, 0.3) is 0 Å². The lowest BCUT2D eigenvalue weighted by Gasteiger charge is -2.08. The molecule has 3 aromatic rings. The van der Waals surface area contributed by atoms with Gasteiger partial charge in [-0.2, -0.15) is 0 Å². The molecule has 3 rings (SSSR count). The smallest absolute Gasteiger partial charge is 0.512 e. The van der Waals surface area contributed by atoms with Gasteiger partial charge >= 0.3 is 7.32 Å². The zero-order valence-electron chi connectivity index (χ0n) is 11.1. The molecule has 0 saturated carbocycles. The Morgan fingerprint density at radius 2 is 1.90 bits per heavy atom. The second kappa shape index (κ2) is 5.47. The van der Waals surface area contributed by atoms with Crippen LogP contribution in [0.4, 0.5) is 0 Å². The van der Waals surface area contributed by atoms with Crippen LogP contribution in [0.3, 0.4) is 0 Å². The van der Waals surface area contributed by atoms with Gasteiger partial charge in [-0.05, 0) is 23.8 Å². The first kappa shape index (κ1) is 13.5. The van der Waals surface area contributed by atoms with Gasteiger partial charge in [0.1, 0.15) is 11.4 Å². The molecule has 21 heavy (non-hydrogen) atoms. The molecule has 0 aliphatic heterocycles. The average Bonchev–Trinajstić information content (AvgIpc) is 2.85. The number of nitrogens with zero attached hydrogens (tertiary/aromatic N) is 1. The van der Waals surface area contributed by atoms with Crippen molar-refractivity contribution < 1.29 is 14.7 Å². The Bertz CT molecular complexity index is 808. The summed E-state index contributed by atoms with van der Waals surface area (Å²) < 4.78 is 6.69. The highest BCUT2D eigenvalue weighted by atomic mass is 16.6. The molecule has 0 aliphatic carbocycles. The summed E-state index contributed by atoms with van der Waals surface area (Å²) in [6.45, 7) is 0.589. The highest BCUT2D eigenvalue weighted by molar-refractivity contribution is 6.33. The second-order valence-electron chi connectivity index (χ2n) is 4.64.